The number of rotatable bonds is 4. The summed E-state index contributed by atoms with van der Waals surface area (Å²) in [5.74, 6) is 0.752. The highest BCUT2D eigenvalue weighted by atomic mass is 16.2. The molecule has 0 atom stereocenters. The van der Waals surface area contributed by atoms with Gasteiger partial charge in [-0.2, -0.15) is 5.10 Å². The fraction of sp³-hybridized carbons (Fsp3) is 0.192. The summed E-state index contributed by atoms with van der Waals surface area (Å²) in [6, 6.07) is 18.7. The van der Waals surface area contributed by atoms with Crippen LogP contribution in [0.25, 0.3) is 21.9 Å². The number of benzene rings is 2. The Kier molecular flexibility index (Phi) is 5.33. The zero-order valence-corrected chi connectivity index (χ0v) is 19.3. The van der Waals surface area contributed by atoms with Crippen LogP contribution in [0.2, 0.25) is 0 Å². The van der Waals surface area contributed by atoms with E-state index in [4.69, 9.17) is 0 Å². The first-order chi connectivity index (χ1) is 17.5. The molecule has 1 aliphatic rings. The summed E-state index contributed by atoms with van der Waals surface area (Å²) in [5.41, 5.74) is 3.03. The maximum absolute atomic E-state index is 13.3. The fourth-order valence-corrected chi connectivity index (χ4v) is 4.72. The molecule has 1 aliphatic heterocycles. The number of H-pyrrole nitrogens is 3. The molecule has 0 saturated carbocycles. The van der Waals surface area contributed by atoms with Gasteiger partial charge < -0.3 is 14.8 Å². The number of carbonyl (C=O) groups is 1. The number of amides is 1. The van der Waals surface area contributed by atoms with Crippen LogP contribution in [0.15, 0.2) is 70.3 Å². The van der Waals surface area contributed by atoms with Gasteiger partial charge in [0.1, 0.15) is 5.82 Å². The molecule has 3 N–H and O–H groups in total. The molecule has 10 heteroatoms. The molecule has 4 heterocycles. The van der Waals surface area contributed by atoms with Crippen LogP contribution in [0.3, 0.4) is 0 Å². The number of nitrogens with zero attached hydrogens (tertiary/aromatic N) is 4. The van der Waals surface area contributed by atoms with Gasteiger partial charge in [-0.15, -0.1) is 0 Å². The van der Waals surface area contributed by atoms with Crippen molar-refractivity contribution >= 4 is 33.7 Å². The van der Waals surface area contributed by atoms with Gasteiger partial charge in [0.15, 0.2) is 5.65 Å². The Balaban J connectivity index is 1.16. The number of carbonyl (C=O) groups excluding carboxylic acids is 1. The van der Waals surface area contributed by atoms with Gasteiger partial charge in [0.25, 0.3) is 11.5 Å². The maximum atomic E-state index is 13.3. The molecule has 1 saturated heterocycles. The summed E-state index contributed by atoms with van der Waals surface area (Å²) in [6.07, 6.45) is 0.502. The highest BCUT2D eigenvalue weighted by Gasteiger charge is 2.23. The number of piperazine rings is 1. The summed E-state index contributed by atoms with van der Waals surface area (Å²) in [4.78, 5) is 50.7. The molecular formula is C26H23N7O3. The van der Waals surface area contributed by atoms with Crippen molar-refractivity contribution in [3.63, 3.8) is 0 Å². The molecule has 10 nitrogen and oxygen atoms in total. The van der Waals surface area contributed by atoms with E-state index in [1.807, 2.05) is 59.5 Å². The van der Waals surface area contributed by atoms with Crippen molar-refractivity contribution in [3.8, 4) is 0 Å². The van der Waals surface area contributed by atoms with Gasteiger partial charge in [0.2, 0.25) is 0 Å². The molecule has 1 amide bonds. The number of imidazole rings is 1. The Morgan fingerprint density at radius 1 is 0.889 bits per heavy atom. The van der Waals surface area contributed by atoms with Crippen LogP contribution in [0.5, 0.6) is 0 Å². The Hall–Kier alpha value is -4.73. The van der Waals surface area contributed by atoms with Crippen molar-refractivity contribution in [1.82, 2.24) is 30.0 Å². The third kappa shape index (κ3) is 4.02. The lowest BCUT2D eigenvalue weighted by atomic mass is 10.0. The minimum absolute atomic E-state index is 0.0193. The molecule has 0 bridgehead atoms. The first kappa shape index (κ1) is 21.8. The van der Waals surface area contributed by atoms with Crippen molar-refractivity contribution in [2.45, 2.75) is 6.42 Å². The monoisotopic (exact) mass is 481 g/mol. The second-order valence-electron chi connectivity index (χ2n) is 8.85. The van der Waals surface area contributed by atoms with Crippen LogP contribution >= 0.6 is 0 Å². The summed E-state index contributed by atoms with van der Waals surface area (Å²) in [6.45, 7) is 2.43. The van der Waals surface area contributed by atoms with Gasteiger partial charge in [-0.3, -0.25) is 14.6 Å². The average Bonchev–Trinajstić information content (AvgIpc) is 3.29. The Bertz CT molecular complexity index is 1710. The van der Waals surface area contributed by atoms with Gasteiger partial charge in [0.05, 0.1) is 16.6 Å². The number of nitrogens with one attached hydrogen (secondary N) is 3. The fourth-order valence-electron chi connectivity index (χ4n) is 4.72. The van der Waals surface area contributed by atoms with E-state index in [-0.39, 0.29) is 17.2 Å². The Labute approximate surface area is 204 Å². The third-order valence-electron chi connectivity index (χ3n) is 6.57. The van der Waals surface area contributed by atoms with Crippen molar-refractivity contribution in [2.75, 3.05) is 31.1 Å². The minimum atomic E-state index is -0.281. The molecule has 36 heavy (non-hydrogen) atoms. The smallest absolute Gasteiger partial charge is 0.325 e. The van der Waals surface area contributed by atoms with Crippen molar-refractivity contribution in [3.05, 3.63) is 98.3 Å². The molecule has 180 valence electrons. The largest absolute Gasteiger partial charge is 0.353 e. The summed E-state index contributed by atoms with van der Waals surface area (Å²) in [7, 11) is 0. The summed E-state index contributed by atoms with van der Waals surface area (Å²) >= 11 is 0. The number of aromatic amines is 3. The lowest BCUT2D eigenvalue weighted by Crippen LogP contribution is -2.49. The molecule has 2 aromatic carbocycles. The Morgan fingerprint density at radius 3 is 2.53 bits per heavy atom. The van der Waals surface area contributed by atoms with Gasteiger partial charge in [-0.05, 0) is 35.9 Å². The van der Waals surface area contributed by atoms with Crippen LogP contribution in [0.4, 0.5) is 5.82 Å². The lowest BCUT2D eigenvalue weighted by molar-refractivity contribution is 0.0746. The van der Waals surface area contributed by atoms with E-state index in [1.165, 1.54) is 0 Å². The first-order valence-electron chi connectivity index (χ1n) is 11.7. The van der Waals surface area contributed by atoms with Gasteiger partial charge >= 0.3 is 5.69 Å². The molecular weight excluding hydrogens is 458 g/mol. The van der Waals surface area contributed by atoms with E-state index >= 15 is 0 Å². The summed E-state index contributed by atoms with van der Waals surface area (Å²) in [5, 5.41) is 8.24. The highest BCUT2D eigenvalue weighted by molar-refractivity contribution is 5.94. The number of pyridine rings is 1. The number of hydrogen-bond donors (Lipinski definition) is 3. The van der Waals surface area contributed by atoms with Crippen molar-refractivity contribution in [1.29, 1.82) is 0 Å². The SMILES string of the molecule is O=C(c1cccc(Cc2n[nH]c(=O)c3ccccc23)c1)N1CCN(c2ccc3[nH]c(=O)[nH]c3n2)CC1. The third-order valence-corrected chi connectivity index (χ3v) is 6.57. The number of fused-ring (bicyclic) bond motifs is 2. The molecule has 0 unspecified atom stereocenters. The van der Waals surface area contributed by atoms with Crippen LogP contribution in [0, 0.1) is 0 Å². The van der Waals surface area contributed by atoms with E-state index in [0.717, 1.165) is 22.5 Å². The molecule has 1 fully saturated rings. The predicted molar refractivity (Wildman–Crippen MR) is 136 cm³/mol. The van der Waals surface area contributed by atoms with Gasteiger partial charge in [0, 0.05) is 43.5 Å². The molecule has 3 aromatic heterocycles. The van der Waals surface area contributed by atoms with Crippen LogP contribution in [0.1, 0.15) is 21.6 Å². The molecule has 5 aromatic rings. The number of hydrogen-bond acceptors (Lipinski definition) is 6. The van der Waals surface area contributed by atoms with E-state index in [9.17, 15) is 14.4 Å². The van der Waals surface area contributed by atoms with Gasteiger partial charge in [-0.25, -0.2) is 14.9 Å². The van der Waals surface area contributed by atoms with Gasteiger partial charge in [-0.1, -0.05) is 30.3 Å². The topological polar surface area (TPSA) is 131 Å². The first-order valence-corrected chi connectivity index (χ1v) is 11.7. The zero-order chi connectivity index (χ0) is 24.6. The Morgan fingerprint density at radius 2 is 1.69 bits per heavy atom. The van der Waals surface area contributed by atoms with Crippen molar-refractivity contribution < 1.29 is 4.79 Å². The minimum Gasteiger partial charge on any atom is -0.353 e. The molecule has 0 spiro atoms. The zero-order valence-electron chi connectivity index (χ0n) is 19.3. The van der Waals surface area contributed by atoms with E-state index in [1.54, 1.807) is 6.07 Å². The molecule has 6 rings (SSSR count). The van der Waals surface area contributed by atoms with E-state index in [0.29, 0.717) is 54.7 Å². The highest BCUT2D eigenvalue weighted by Crippen LogP contribution is 2.20. The normalized spacial score (nSPS) is 14.0. The molecule has 0 radical (unpaired) electrons. The predicted octanol–water partition coefficient (Wildman–Crippen LogP) is 2.04. The molecule has 0 aliphatic carbocycles. The summed E-state index contributed by atoms with van der Waals surface area (Å²) < 4.78 is 0. The second kappa shape index (κ2) is 8.81. The van der Waals surface area contributed by atoms with Crippen molar-refractivity contribution in [2.24, 2.45) is 0 Å². The van der Waals surface area contributed by atoms with E-state index < -0.39 is 0 Å². The number of anilines is 1. The van der Waals surface area contributed by atoms with E-state index in [2.05, 4.69) is 30.0 Å². The standard InChI is InChI=1S/C26H23N7O3/c34-24-19-7-2-1-6-18(19)21(30-31-24)15-16-4-3-5-17(14-16)25(35)33-12-10-32(11-13-33)22-9-8-20-23(28-22)29-26(36)27-20/h1-9,14H,10-13,15H2,(H,31,34)(H2,27,28,29,36). The average molecular weight is 482 g/mol. The quantitative estimate of drug-likeness (QED) is 0.360. The lowest BCUT2D eigenvalue weighted by Gasteiger charge is -2.35. The van der Waals surface area contributed by atoms with Crippen LogP contribution < -0.4 is 16.1 Å². The van der Waals surface area contributed by atoms with Crippen LogP contribution in [-0.4, -0.2) is 62.1 Å². The van der Waals surface area contributed by atoms with Crippen LogP contribution in [-0.2, 0) is 6.42 Å². The second-order valence-corrected chi connectivity index (χ2v) is 8.85. The maximum Gasteiger partial charge on any atom is 0.325 e. The number of aromatic nitrogens is 5.